The third-order valence-electron chi connectivity index (χ3n) is 2.32. The Bertz CT molecular complexity index is 656. The lowest BCUT2D eigenvalue weighted by molar-refractivity contribution is -0.113. The second-order valence-corrected chi connectivity index (χ2v) is 7.92. The van der Waals surface area contributed by atoms with Crippen LogP contribution >= 0.6 is 34.9 Å². The van der Waals surface area contributed by atoms with Gasteiger partial charge in [0.25, 0.3) is 5.95 Å². The molecule has 0 fully saturated rings. The molecule has 0 radical (unpaired) electrons. The van der Waals surface area contributed by atoms with Gasteiger partial charge < -0.3 is 5.84 Å². The number of hydrogen-bond acceptors (Lipinski definition) is 11. The topological polar surface area (TPSA) is 150 Å². The van der Waals surface area contributed by atoms with Gasteiger partial charge in [0.2, 0.25) is 16.2 Å². The second-order valence-electron chi connectivity index (χ2n) is 4.74. The van der Waals surface area contributed by atoms with Crippen LogP contribution in [0.2, 0.25) is 0 Å². The lowest BCUT2D eigenvalue weighted by Crippen LogP contribution is -2.19. The van der Waals surface area contributed by atoms with Crippen molar-refractivity contribution in [3.05, 3.63) is 0 Å². The summed E-state index contributed by atoms with van der Waals surface area (Å²) in [5.74, 6) is 12.5. The molecule has 2 aromatic heterocycles. The van der Waals surface area contributed by atoms with E-state index in [2.05, 4.69) is 45.0 Å². The summed E-state index contributed by atoms with van der Waals surface area (Å²) in [5, 5.41) is 19.0. The molecule has 0 unspecified atom stereocenters. The minimum Gasteiger partial charge on any atom is -0.334 e. The van der Waals surface area contributed by atoms with E-state index in [1.165, 1.54) is 16.0 Å². The van der Waals surface area contributed by atoms with Gasteiger partial charge in [-0.05, 0) is 5.92 Å². The second kappa shape index (κ2) is 8.33. The van der Waals surface area contributed by atoms with Gasteiger partial charge in [-0.1, -0.05) is 48.7 Å². The van der Waals surface area contributed by atoms with Crippen molar-refractivity contribution in [2.24, 2.45) is 11.8 Å². The molecule has 1 amide bonds. The van der Waals surface area contributed by atoms with Crippen molar-refractivity contribution in [3.63, 3.8) is 0 Å². The summed E-state index contributed by atoms with van der Waals surface area (Å²) in [6, 6.07) is 0. The smallest absolute Gasteiger partial charge is 0.258 e. The van der Waals surface area contributed by atoms with Crippen molar-refractivity contribution >= 4 is 51.8 Å². The van der Waals surface area contributed by atoms with Gasteiger partial charge in [0.1, 0.15) is 0 Å². The molecule has 0 aliphatic rings. The fraction of sp³-hybridized carbons (Fsp3) is 0.500. The van der Waals surface area contributed by atoms with Crippen LogP contribution in [0.4, 0.5) is 11.1 Å². The maximum atomic E-state index is 11.9. The number of nitrogen functional groups attached to an aromatic ring is 2. The molecule has 0 aromatic carbocycles. The Morgan fingerprint density at radius 1 is 1.30 bits per heavy atom. The Hall–Kier alpha value is -1.57. The Morgan fingerprint density at radius 3 is 2.74 bits per heavy atom. The molecular formula is C10H17N9OS3. The molecule has 126 valence electrons. The predicted octanol–water partition coefficient (Wildman–Crippen LogP) is 0.608. The first-order valence-electron chi connectivity index (χ1n) is 6.55. The van der Waals surface area contributed by atoms with E-state index in [0.717, 1.165) is 21.9 Å². The minimum absolute atomic E-state index is 0.119. The highest BCUT2D eigenvalue weighted by Gasteiger charge is 2.13. The molecule has 0 aliphatic heterocycles. The molecule has 0 atom stereocenters. The maximum Gasteiger partial charge on any atom is 0.258 e. The third-order valence-corrected chi connectivity index (χ3v) is 5.66. The lowest BCUT2D eigenvalue weighted by Gasteiger charge is -2.02. The highest BCUT2D eigenvalue weighted by molar-refractivity contribution is 8.01. The number of carbonyl (C=O) groups is 1. The average molecular weight is 376 g/mol. The molecule has 23 heavy (non-hydrogen) atoms. The minimum atomic E-state index is -0.225. The van der Waals surface area contributed by atoms with Crippen LogP contribution in [0.1, 0.15) is 13.8 Å². The van der Waals surface area contributed by atoms with Gasteiger partial charge in [-0.15, -0.1) is 20.4 Å². The van der Waals surface area contributed by atoms with Gasteiger partial charge in [-0.2, -0.15) is 0 Å². The number of nitrogens with two attached hydrogens (primary N) is 2. The van der Waals surface area contributed by atoms with Crippen molar-refractivity contribution < 1.29 is 4.79 Å². The van der Waals surface area contributed by atoms with Crippen molar-refractivity contribution in [2.75, 3.05) is 28.1 Å². The highest BCUT2D eigenvalue weighted by atomic mass is 32.2. The van der Waals surface area contributed by atoms with Crippen LogP contribution in [0.15, 0.2) is 9.50 Å². The summed E-state index contributed by atoms with van der Waals surface area (Å²) in [6.07, 6.45) is 0. The molecule has 0 spiro atoms. The summed E-state index contributed by atoms with van der Waals surface area (Å²) >= 11 is 4.12. The van der Waals surface area contributed by atoms with Gasteiger partial charge in [-0.3, -0.25) is 15.5 Å². The van der Waals surface area contributed by atoms with E-state index in [4.69, 9.17) is 11.7 Å². The van der Waals surface area contributed by atoms with Crippen LogP contribution < -0.4 is 22.4 Å². The Balaban J connectivity index is 1.81. The summed E-state index contributed by atoms with van der Waals surface area (Å²) in [5.41, 5.74) is 2.30. The molecule has 2 rings (SSSR count). The number of nitrogens with one attached hydrogen (secondary N) is 2. The normalized spacial score (nSPS) is 11.0. The van der Waals surface area contributed by atoms with Crippen molar-refractivity contribution in [1.82, 2.24) is 25.1 Å². The number of nitrogens with zero attached hydrogens (tertiary/aromatic N) is 5. The number of carbonyl (C=O) groups excluding carboxylic acids is 1. The number of hydrazine groups is 1. The maximum absolute atomic E-state index is 11.9. The molecule has 6 N–H and O–H groups in total. The van der Waals surface area contributed by atoms with Crippen LogP contribution in [-0.2, 0) is 4.79 Å². The van der Waals surface area contributed by atoms with Crippen LogP contribution in [-0.4, -0.2) is 42.5 Å². The van der Waals surface area contributed by atoms with E-state index >= 15 is 0 Å². The van der Waals surface area contributed by atoms with E-state index in [-0.39, 0.29) is 17.6 Å². The molecule has 2 aromatic rings. The summed E-state index contributed by atoms with van der Waals surface area (Å²) < 4.78 is 2.01. The van der Waals surface area contributed by atoms with Gasteiger partial charge in [0, 0.05) is 5.75 Å². The summed E-state index contributed by atoms with van der Waals surface area (Å²) in [7, 11) is 0. The highest BCUT2D eigenvalue weighted by Crippen LogP contribution is 2.27. The summed E-state index contributed by atoms with van der Waals surface area (Å²) in [4.78, 5) is 11.9. The number of anilines is 2. The van der Waals surface area contributed by atoms with Crippen molar-refractivity contribution in [3.8, 4) is 0 Å². The van der Waals surface area contributed by atoms with E-state index in [1.807, 2.05) is 0 Å². The van der Waals surface area contributed by atoms with Gasteiger partial charge in [0.15, 0.2) is 4.34 Å². The SMILES string of the molecule is CC(C)CSc1nnc(NC(=O)CSc2nnc(NN)n2N)s1. The van der Waals surface area contributed by atoms with E-state index in [1.54, 1.807) is 11.8 Å². The number of thioether (sulfide) groups is 2. The zero-order valence-electron chi connectivity index (χ0n) is 12.5. The van der Waals surface area contributed by atoms with Gasteiger partial charge in [0.05, 0.1) is 5.75 Å². The predicted molar refractivity (Wildman–Crippen MR) is 92.8 cm³/mol. The fourth-order valence-corrected chi connectivity index (χ4v) is 3.72. The van der Waals surface area contributed by atoms with Crippen molar-refractivity contribution in [1.29, 1.82) is 0 Å². The largest absolute Gasteiger partial charge is 0.334 e. The molecular weight excluding hydrogens is 358 g/mol. The van der Waals surface area contributed by atoms with Crippen LogP contribution in [0.3, 0.4) is 0 Å². The lowest BCUT2D eigenvalue weighted by atomic mass is 10.3. The van der Waals surface area contributed by atoms with Gasteiger partial charge in [-0.25, -0.2) is 10.5 Å². The first-order valence-corrected chi connectivity index (χ1v) is 9.34. The molecule has 0 saturated heterocycles. The summed E-state index contributed by atoms with van der Waals surface area (Å²) in [6.45, 7) is 4.27. The molecule has 13 heteroatoms. The zero-order chi connectivity index (χ0) is 16.8. The average Bonchev–Trinajstić information content (AvgIpc) is 3.09. The van der Waals surface area contributed by atoms with Crippen LogP contribution in [0.5, 0.6) is 0 Å². The monoisotopic (exact) mass is 375 g/mol. The van der Waals surface area contributed by atoms with Crippen LogP contribution in [0, 0.1) is 5.92 Å². The van der Waals surface area contributed by atoms with E-state index in [9.17, 15) is 4.79 Å². The Labute approximate surface area is 145 Å². The number of amides is 1. The van der Waals surface area contributed by atoms with Crippen molar-refractivity contribution in [2.45, 2.75) is 23.3 Å². The third kappa shape index (κ3) is 5.23. The number of aromatic nitrogens is 5. The molecule has 0 aliphatic carbocycles. The molecule has 0 saturated carbocycles. The zero-order valence-corrected chi connectivity index (χ0v) is 15.0. The van der Waals surface area contributed by atoms with E-state index in [0.29, 0.717) is 16.2 Å². The molecule has 2 heterocycles. The van der Waals surface area contributed by atoms with Crippen LogP contribution in [0.25, 0.3) is 0 Å². The standard InChI is InChI=1S/C10H17N9OS3/c1-5(2)3-22-10-18-16-8(23-10)13-6(20)4-21-9-17-15-7(14-11)19(9)12/h5H,3-4,11-12H2,1-2H3,(H,14,15)(H,13,16,20). The number of hydrogen-bond donors (Lipinski definition) is 4. The fourth-order valence-electron chi connectivity index (χ4n) is 1.32. The number of rotatable bonds is 8. The first-order chi connectivity index (χ1) is 11.0. The first kappa shape index (κ1) is 17.8. The molecule has 0 bridgehead atoms. The van der Waals surface area contributed by atoms with Gasteiger partial charge >= 0.3 is 0 Å². The Morgan fingerprint density at radius 2 is 2.09 bits per heavy atom. The van der Waals surface area contributed by atoms with E-state index < -0.39 is 0 Å². The Kier molecular flexibility index (Phi) is 6.44. The molecule has 10 nitrogen and oxygen atoms in total. The quantitative estimate of drug-likeness (QED) is 0.223.